The number of hydrogen-bond donors (Lipinski definition) is 9. The van der Waals surface area contributed by atoms with E-state index in [-0.39, 0.29) is 30.7 Å². The lowest BCUT2D eigenvalue weighted by Crippen LogP contribution is -2.89. The van der Waals surface area contributed by atoms with Crippen molar-refractivity contribution in [3.05, 3.63) is 18.2 Å². The molecule has 3 rings (SSSR count). The van der Waals surface area contributed by atoms with Gasteiger partial charge in [-0.2, -0.15) is 0 Å². The average Bonchev–Trinajstić information content (AvgIpc) is 3.91. The number of nitrogens with one attached hydrogen (secondary N) is 6. The Labute approximate surface area is 317 Å². The largest absolute Gasteiger partial charge is 0.790 e. The normalized spacial score (nSPS) is 20.4. The zero-order chi connectivity index (χ0) is 41.0. The Morgan fingerprint density at radius 3 is 2.18 bits per heavy atom. The fourth-order valence-corrected chi connectivity index (χ4v) is 6.87. The molecular formula is C32H52N10O12P-. The Morgan fingerprint density at radius 2 is 1.62 bits per heavy atom. The van der Waals surface area contributed by atoms with Crippen LogP contribution in [-0.4, -0.2) is 129 Å². The number of aliphatic hydroxyl groups excluding tert-OH is 1. The number of hydrogen-bond acceptors (Lipinski definition) is 13. The topological polar surface area (TPSA) is 347 Å². The van der Waals surface area contributed by atoms with Gasteiger partial charge in [0.25, 0.3) is 5.91 Å². The lowest BCUT2D eigenvalue weighted by Gasteiger charge is -2.35. The number of aromatic amines is 1. The van der Waals surface area contributed by atoms with Crippen molar-refractivity contribution in [2.75, 3.05) is 19.7 Å². The lowest BCUT2D eigenvalue weighted by atomic mass is 10.0. The third-order valence-corrected chi connectivity index (χ3v) is 9.81. The number of primary amides is 1. The van der Waals surface area contributed by atoms with Gasteiger partial charge in [0.2, 0.25) is 35.4 Å². The van der Waals surface area contributed by atoms with Gasteiger partial charge in [0.1, 0.15) is 36.3 Å². The molecule has 0 radical (unpaired) electrons. The number of carbonyl (C=O) groups excluding carboxylic acids is 7. The molecule has 2 fully saturated rings. The highest BCUT2D eigenvalue weighted by Gasteiger charge is 2.41. The number of H-pyrrole nitrogens is 1. The SMILES string of the molecule is CC(C)C[C@H](NC(=O)[C@@H]1CCCN1C(=O)[C@@H]1CCC[NH2+]1)C(=O)N[C@@H](Cc1cnc[nH]1)C(=O)N[C@@H](CO)C(=O)N[C@H](C(=O)N[C@@H](C)C(N)=O)[C@@H](C)OP(=O)([O-])[O-]. The molecule has 1 aromatic rings. The van der Waals surface area contributed by atoms with Gasteiger partial charge in [-0.15, -0.1) is 0 Å². The number of rotatable bonds is 20. The van der Waals surface area contributed by atoms with E-state index in [1.165, 1.54) is 19.4 Å². The van der Waals surface area contributed by atoms with Crippen LogP contribution in [0.15, 0.2) is 12.5 Å². The Kier molecular flexibility index (Phi) is 16.7. The smallest absolute Gasteiger partial charge is 0.281 e. The summed E-state index contributed by atoms with van der Waals surface area (Å²) >= 11 is 0. The van der Waals surface area contributed by atoms with E-state index in [1.54, 1.807) is 4.90 Å². The van der Waals surface area contributed by atoms with E-state index in [2.05, 4.69) is 41.1 Å². The maximum Gasteiger partial charge on any atom is 0.281 e. The van der Waals surface area contributed by atoms with Gasteiger partial charge in [-0.1, -0.05) is 13.8 Å². The second-order valence-corrected chi connectivity index (χ2v) is 15.2. The summed E-state index contributed by atoms with van der Waals surface area (Å²) in [7, 11) is -5.70. The number of phosphoric ester groups is 1. The average molecular weight is 800 g/mol. The monoisotopic (exact) mass is 799 g/mol. The van der Waals surface area contributed by atoms with Crippen LogP contribution < -0.4 is 47.4 Å². The molecule has 22 nitrogen and oxygen atoms in total. The number of likely N-dealkylation sites (tertiary alicyclic amines) is 1. The standard InChI is InChI=1S/C32H53N10O12P/c1-16(2)11-21(39-30(48)24-8-6-10-42(24)32(50)20-7-5-9-35-20)27(45)38-22(12-19-13-34-15-36-19)28(46)40-23(14-43)29(47)41-25(18(4)54-55(51,52)53)31(49)37-17(3)26(33)44/h13,15-18,20-25,35,43H,5-12,14H2,1-4H3,(H2,33,44)(H,34,36)(H,37,49)(H,38,45)(H,39,48)(H,40,46)(H,41,47)(H2,51,52,53)/p-1/t17-,18+,20-,21-,22-,23-,24-,25-/m0/s1. The molecule has 55 heavy (non-hydrogen) atoms. The Balaban J connectivity index is 1.78. The van der Waals surface area contributed by atoms with Crippen molar-refractivity contribution in [1.82, 2.24) is 41.5 Å². The molecule has 7 amide bonds. The van der Waals surface area contributed by atoms with Gasteiger partial charge < -0.3 is 71.5 Å². The van der Waals surface area contributed by atoms with Gasteiger partial charge in [0.15, 0.2) is 6.04 Å². The summed E-state index contributed by atoms with van der Waals surface area (Å²) in [6.07, 6.45) is 3.48. The van der Waals surface area contributed by atoms with E-state index in [0.29, 0.717) is 31.5 Å². The molecule has 2 aliphatic rings. The number of imidazole rings is 1. The van der Waals surface area contributed by atoms with Gasteiger partial charge in [-0.3, -0.25) is 33.6 Å². The highest BCUT2D eigenvalue weighted by molar-refractivity contribution is 7.43. The summed E-state index contributed by atoms with van der Waals surface area (Å²) in [5.74, 6) is -5.90. The van der Waals surface area contributed by atoms with Crippen molar-refractivity contribution in [3.8, 4) is 0 Å². The minimum atomic E-state index is -5.70. The Morgan fingerprint density at radius 1 is 0.964 bits per heavy atom. The molecule has 23 heteroatoms. The van der Waals surface area contributed by atoms with Crippen LogP contribution in [0.3, 0.4) is 0 Å². The minimum absolute atomic E-state index is 0.104. The maximum atomic E-state index is 13.8. The number of amides is 7. The van der Waals surface area contributed by atoms with Gasteiger partial charge in [0, 0.05) is 37.7 Å². The van der Waals surface area contributed by atoms with E-state index in [9.17, 15) is 53.0 Å². The van der Waals surface area contributed by atoms with Crippen LogP contribution in [0.1, 0.15) is 65.5 Å². The number of aromatic nitrogens is 2. The van der Waals surface area contributed by atoms with Crippen molar-refractivity contribution in [3.63, 3.8) is 0 Å². The van der Waals surface area contributed by atoms with E-state index in [1.807, 2.05) is 19.2 Å². The molecule has 0 aromatic carbocycles. The fraction of sp³-hybridized carbons (Fsp3) is 0.688. The van der Waals surface area contributed by atoms with Crippen molar-refractivity contribution >= 4 is 49.2 Å². The number of carbonyl (C=O) groups is 7. The quantitative estimate of drug-likeness (QED) is 0.0556. The predicted octanol–water partition coefficient (Wildman–Crippen LogP) is -6.13. The molecule has 2 saturated heterocycles. The van der Waals surface area contributed by atoms with Crippen LogP contribution in [-0.2, 0) is 49.1 Å². The number of aliphatic hydroxyl groups is 1. The third kappa shape index (κ3) is 13.7. The first kappa shape index (κ1) is 44.9. The van der Waals surface area contributed by atoms with Crippen molar-refractivity contribution in [1.29, 1.82) is 0 Å². The second-order valence-electron chi connectivity index (χ2n) is 14.1. The summed E-state index contributed by atoms with van der Waals surface area (Å²) in [5, 5.41) is 23.9. The molecule has 0 bridgehead atoms. The van der Waals surface area contributed by atoms with E-state index >= 15 is 0 Å². The van der Waals surface area contributed by atoms with Gasteiger partial charge in [-0.05, 0) is 39.0 Å². The third-order valence-electron chi connectivity index (χ3n) is 9.22. The molecule has 0 spiro atoms. The van der Waals surface area contributed by atoms with E-state index in [0.717, 1.165) is 19.9 Å². The number of nitrogens with zero attached hydrogens (tertiary/aromatic N) is 2. The summed E-state index contributed by atoms with van der Waals surface area (Å²) in [6.45, 7) is 5.99. The summed E-state index contributed by atoms with van der Waals surface area (Å²) < 4.78 is 15.6. The Hall–Kier alpha value is -4.47. The molecule has 0 aliphatic carbocycles. The van der Waals surface area contributed by atoms with Crippen LogP contribution in [0.5, 0.6) is 0 Å². The lowest BCUT2D eigenvalue weighted by molar-refractivity contribution is -0.658. The van der Waals surface area contributed by atoms with Gasteiger partial charge in [0.05, 0.1) is 33.4 Å². The molecule has 8 atom stereocenters. The molecule has 0 saturated carbocycles. The number of phosphoric acid groups is 1. The highest BCUT2D eigenvalue weighted by atomic mass is 31.2. The first-order chi connectivity index (χ1) is 25.8. The minimum Gasteiger partial charge on any atom is -0.790 e. The maximum absolute atomic E-state index is 13.8. The van der Waals surface area contributed by atoms with Crippen LogP contribution in [0.25, 0.3) is 0 Å². The fourth-order valence-electron chi connectivity index (χ4n) is 6.34. The summed E-state index contributed by atoms with van der Waals surface area (Å²) in [4.78, 5) is 123. The van der Waals surface area contributed by atoms with E-state index in [4.69, 9.17) is 5.73 Å². The molecule has 1 aromatic heterocycles. The van der Waals surface area contributed by atoms with Crippen LogP contribution >= 0.6 is 7.82 Å². The predicted molar refractivity (Wildman–Crippen MR) is 186 cm³/mol. The molecule has 308 valence electrons. The molecular weight excluding hydrogens is 747 g/mol. The van der Waals surface area contributed by atoms with Crippen molar-refractivity contribution in [2.24, 2.45) is 11.7 Å². The second kappa shape index (κ2) is 20.4. The zero-order valence-electron chi connectivity index (χ0n) is 31.1. The van der Waals surface area contributed by atoms with Crippen LogP contribution in [0, 0.1) is 5.92 Å². The molecule has 3 heterocycles. The van der Waals surface area contributed by atoms with Crippen LogP contribution in [0.4, 0.5) is 0 Å². The van der Waals surface area contributed by atoms with E-state index < -0.39 is 92.2 Å². The van der Waals surface area contributed by atoms with Gasteiger partial charge in [-0.25, -0.2) is 4.98 Å². The molecule has 0 unspecified atom stereocenters. The van der Waals surface area contributed by atoms with Crippen molar-refractivity contribution < 1.29 is 62.9 Å². The highest BCUT2D eigenvalue weighted by Crippen LogP contribution is 2.28. The zero-order valence-corrected chi connectivity index (χ0v) is 32.0. The number of nitrogens with two attached hydrogens (primary N) is 2. The van der Waals surface area contributed by atoms with Crippen LogP contribution in [0.2, 0.25) is 0 Å². The molecule has 2 aliphatic heterocycles. The van der Waals surface area contributed by atoms with Gasteiger partial charge >= 0.3 is 0 Å². The molecule has 11 N–H and O–H groups in total. The summed E-state index contributed by atoms with van der Waals surface area (Å²) in [6, 6.07) is -8.67. The van der Waals surface area contributed by atoms with Crippen molar-refractivity contribution in [2.45, 2.75) is 115 Å². The first-order valence-corrected chi connectivity index (χ1v) is 19.5. The Bertz CT molecular complexity index is 1570. The number of quaternary nitrogens is 1. The first-order valence-electron chi connectivity index (χ1n) is 18.0. The summed E-state index contributed by atoms with van der Waals surface area (Å²) in [5.41, 5.74) is 5.54.